The molecule has 0 amide bonds. The van der Waals surface area contributed by atoms with Crippen LogP contribution < -0.4 is 11.2 Å². The highest BCUT2D eigenvalue weighted by Gasteiger charge is 2.36. The van der Waals surface area contributed by atoms with E-state index < -0.39 is 29.7 Å². The van der Waals surface area contributed by atoms with Gasteiger partial charge in [0.25, 0.3) is 5.56 Å². The average Bonchev–Trinajstić information content (AvgIpc) is 2.54. The van der Waals surface area contributed by atoms with Crippen LogP contribution in [0.3, 0.4) is 0 Å². The van der Waals surface area contributed by atoms with Crippen LogP contribution in [0.15, 0.2) is 15.8 Å². The predicted octanol–water partition coefficient (Wildman–Crippen LogP) is -1.90. The molecule has 2 heterocycles. The Labute approximate surface area is 89.9 Å². The molecule has 1 aromatic rings. The monoisotopic (exact) mass is 228 g/mol. The van der Waals surface area contributed by atoms with Gasteiger partial charge >= 0.3 is 5.69 Å². The molecule has 2 rings (SSSR count). The number of aliphatic hydroxyl groups excluding tert-OH is 2. The van der Waals surface area contributed by atoms with Crippen LogP contribution in [0.5, 0.6) is 0 Å². The summed E-state index contributed by atoms with van der Waals surface area (Å²) < 4.78 is 6.15. The van der Waals surface area contributed by atoms with Crippen molar-refractivity contribution in [3.05, 3.63) is 32.6 Å². The topological polar surface area (TPSA) is 105 Å². The lowest BCUT2D eigenvalue weighted by molar-refractivity contribution is -0.0213. The normalized spacial score (nSPS) is 29.6. The first kappa shape index (κ1) is 11.1. The van der Waals surface area contributed by atoms with Crippen LogP contribution in [0, 0.1) is 6.92 Å². The summed E-state index contributed by atoms with van der Waals surface area (Å²) in [5, 5.41) is 18.9. The standard InChI is InChI=1S/C9H12N2O5/c1-4-2-11(9(15)10-7(4)14)8-6(13)5(12)3-16-8/h2,5-6,8,12-13H,3H2,1H3,(H,10,14,15)/t5-,6+,8+/m1/s1. The number of nitrogens with one attached hydrogen (secondary N) is 1. The van der Waals surface area contributed by atoms with Crippen molar-refractivity contribution in [2.75, 3.05) is 6.61 Å². The van der Waals surface area contributed by atoms with Crippen LogP contribution in [-0.2, 0) is 4.74 Å². The molecule has 0 aromatic carbocycles. The third-order valence-electron chi connectivity index (χ3n) is 2.54. The molecule has 0 bridgehead atoms. The Balaban J connectivity index is 2.45. The van der Waals surface area contributed by atoms with Crippen LogP contribution in [0.2, 0.25) is 0 Å². The van der Waals surface area contributed by atoms with Gasteiger partial charge in [0.2, 0.25) is 0 Å². The van der Waals surface area contributed by atoms with Crippen LogP contribution >= 0.6 is 0 Å². The van der Waals surface area contributed by atoms with E-state index in [0.717, 1.165) is 4.57 Å². The first-order valence-electron chi connectivity index (χ1n) is 4.80. The zero-order valence-electron chi connectivity index (χ0n) is 8.58. The van der Waals surface area contributed by atoms with Gasteiger partial charge in [-0.3, -0.25) is 14.3 Å². The summed E-state index contributed by atoms with van der Waals surface area (Å²) in [6.07, 6.45) is -1.86. The maximum Gasteiger partial charge on any atom is 0.330 e. The Hall–Kier alpha value is -1.44. The molecule has 0 aliphatic carbocycles. The van der Waals surface area contributed by atoms with Crippen molar-refractivity contribution in [1.82, 2.24) is 9.55 Å². The van der Waals surface area contributed by atoms with Gasteiger partial charge in [0, 0.05) is 11.8 Å². The number of hydrogen-bond acceptors (Lipinski definition) is 5. The lowest BCUT2D eigenvalue weighted by Gasteiger charge is -2.17. The van der Waals surface area contributed by atoms with Gasteiger partial charge in [0.05, 0.1) is 6.61 Å². The Morgan fingerprint density at radius 3 is 2.75 bits per heavy atom. The first-order chi connectivity index (χ1) is 7.50. The van der Waals surface area contributed by atoms with Crippen molar-refractivity contribution in [3.63, 3.8) is 0 Å². The summed E-state index contributed by atoms with van der Waals surface area (Å²) in [4.78, 5) is 24.7. The Bertz CT molecular complexity index is 505. The number of aromatic amines is 1. The zero-order chi connectivity index (χ0) is 11.9. The van der Waals surface area contributed by atoms with E-state index in [2.05, 4.69) is 4.98 Å². The van der Waals surface area contributed by atoms with E-state index >= 15 is 0 Å². The number of ether oxygens (including phenoxy) is 1. The summed E-state index contributed by atoms with van der Waals surface area (Å²) in [6, 6.07) is 0. The molecule has 3 atom stereocenters. The van der Waals surface area contributed by atoms with Crippen molar-refractivity contribution >= 4 is 0 Å². The summed E-state index contributed by atoms with van der Waals surface area (Å²) in [7, 11) is 0. The SMILES string of the molecule is Cc1cn([C@H]2OC[C@@H](O)[C@@H]2O)c(=O)[nH]c1=O. The van der Waals surface area contributed by atoms with Gasteiger partial charge in [0.15, 0.2) is 6.23 Å². The second kappa shape index (κ2) is 3.85. The minimum absolute atomic E-state index is 0.0452. The number of rotatable bonds is 1. The number of aryl methyl sites for hydroxylation is 1. The van der Waals surface area contributed by atoms with E-state index in [1.165, 1.54) is 13.1 Å². The Kier molecular flexibility index (Phi) is 2.66. The molecule has 1 aliphatic heterocycles. The highest BCUT2D eigenvalue weighted by molar-refractivity contribution is 5.02. The predicted molar refractivity (Wildman–Crippen MR) is 53.1 cm³/mol. The molecular weight excluding hydrogens is 216 g/mol. The highest BCUT2D eigenvalue weighted by atomic mass is 16.5. The summed E-state index contributed by atoms with van der Waals surface area (Å²) in [5.41, 5.74) is -0.820. The highest BCUT2D eigenvalue weighted by Crippen LogP contribution is 2.22. The molecule has 7 nitrogen and oxygen atoms in total. The van der Waals surface area contributed by atoms with E-state index in [-0.39, 0.29) is 6.61 Å². The number of nitrogens with zero attached hydrogens (tertiary/aromatic N) is 1. The Morgan fingerprint density at radius 1 is 1.50 bits per heavy atom. The maximum atomic E-state index is 11.5. The van der Waals surface area contributed by atoms with Crippen LogP contribution in [0.4, 0.5) is 0 Å². The Morgan fingerprint density at radius 2 is 2.19 bits per heavy atom. The molecule has 1 fully saturated rings. The van der Waals surface area contributed by atoms with Crippen LogP contribution in [-0.4, -0.2) is 38.6 Å². The molecule has 7 heteroatoms. The van der Waals surface area contributed by atoms with Gasteiger partial charge in [-0.05, 0) is 6.92 Å². The van der Waals surface area contributed by atoms with E-state index in [1.807, 2.05) is 0 Å². The van der Waals surface area contributed by atoms with E-state index in [9.17, 15) is 19.8 Å². The number of H-pyrrole nitrogens is 1. The van der Waals surface area contributed by atoms with Crippen molar-refractivity contribution in [1.29, 1.82) is 0 Å². The minimum atomic E-state index is -1.18. The molecule has 1 aliphatic rings. The summed E-state index contributed by atoms with van der Waals surface area (Å²) in [6.45, 7) is 1.49. The van der Waals surface area contributed by atoms with Gasteiger partial charge < -0.3 is 14.9 Å². The molecule has 88 valence electrons. The average molecular weight is 228 g/mol. The molecule has 0 unspecified atom stereocenters. The quantitative estimate of drug-likeness (QED) is 0.520. The molecule has 1 aromatic heterocycles. The van der Waals surface area contributed by atoms with Crippen molar-refractivity contribution in [2.24, 2.45) is 0 Å². The molecule has 0 radical (unpaired) electrons. The van der Waals surface area contributed by atoms with E-state index in [1.54, 1.807) is 0 Å². The second-order valence-corrected chi connectivity index (χ2v) is 3.76. The maximum absolute atomic E-state index is 11.5. The fourth-order valence-corrected chi connectivity index (χ4v) is 1.60. The largest absolute Gasteiger partial charge is 0.388 e. The first-order valence-corrected chi connectivity index (χ1v) is 4.80. The van der Waals surface area contributed by atoms with E-state index in [4.69, 9.17) is 4.74 Å². The third-order valence-corrected chi connectivity index (χ3v) is 2.54. The zero-order valence-corrected chi connectivity index (χ0v) is 8.58. The molecule has 0 saturated carbocycles. The van der Waals surface area contributed by atoms with Gasteiger partial charge in [-0.2, -0.15) is 0 Å². The van der Waals surface area contributed by atoms with Crippen molar-refractivity contribution in [3.8, 4) is 0 Å². The lowest BCUT2D eigenvalue weighted by atomic mass is 10.2. The fraction of sp³-hybridized carbons (Fsp3) is 0.556. The smallest absolute Gasteiger partial charge is 0.330 e. The van der Waals surface area contributed by atoms with Gasteiger partial charge in [-0.1, -0.05) is 0 Å². The van der Waals surface area contributed by atoms with Crippen molar-refractivity contribution < 1.29 is 14.9 Å². The minimum Gasteiger partial charge on any atom is -0.388 e. The number of aromatic nitrogens is 2. The molecule has 16 heavy (non-hydrogen) atoms. The summed E-state index contributed by atoms with van der Waals surface area (Å²) >= 11 is 0. The fourth-order valence-electron chi connectivity index (χ4n) is 1.60. The number of hydrogen-bond donors (Lipinski definition) is 3. The van der Waals surface area contributed by atoms with Gasteiger partial charge in [0.1, 0.15) is 12.2 Å². The second-order valence-electron chi connectivity index (χ2n) is 3.76. The van der Waals surface area contributed by atoms with Crippen LogP contribution in [0.1, 0.15) is 11.8 Å². The van der Waals surface area contributed by atoms with E-state index in [0.29, 0.717) is 5.56 Å². The van der Waals surface area contributed by atoms with Crippen molar-refractivity contribution in [2.45, 2.75) is 25.4 Å². The number of aliphatic hydroxyl groups is 2. The molecule has 1 saturated heterocycles. The lowest BCUT2D eigenvalue weighted by Crippen LogP contribution is -2.38. The van der Waals surface area contributed by atoms with Crippen LogP contribution in [0.25, 0.3) is 0 Å². The van der Waals surface area contributed by atoms with Gasteiger partial charge in [-0.25, -0.2) is 4.79 Å². The molecule has 0 spiro atoms. The third kappa shape index (κ3) is 1.69. The molecular formula is C9H12N2O5. The molecule has 3 N–H and O–H groups in total. The summed E-state index contributed by atoms with van der Waals surface area (Å²) in [5.74, 6) is 0. The van der Waals surface area contributed by atoms with Gasteiger partial charge in [-0.15, -0.1) is 0 Å².